The van der Waals surface area contributed by atoms with Gasteiger partial charge >= 0.3 is 0 Å². The van der Waals surface area contributed by atoms with Gasteiger partial charge in [-0.2, -0.15) is 0 Å². The van der Waals surface area contributed by atoms with Crippen molar-refractivity contribution in [3.63, 3.8) is 0 Å². The predicted molar refractivity (Wildman–Crippen MR) is 85.8 cm³/mol. The van der Waals surface area contributed by atoms with Gasteiger partial charge in [0.2, 0.25) is 0 Å². The number of benzene rings is 2. The summed E-state index contributed by atoms with van der Waals surface area (Å²) in [5.74, 6) is 1.61. The van der Waals surface area contributed by atoms with E-state index in [9.17, 15) is 0 Å². The van der Waals surface area contributed by atoms with Crippen LogP contribution in [0, 0.1) is 0 Å². The van der Waals surface area contributed by atoms with Crippen molar-refractivity contribution in [2.75, 3.05) is 18.4 Å². The smallest absolute Gasteiger partial charge is 0.128 e. The van der Waals surface area contributed by atoms with E-state index in [1.54, 1.807) is 6.20 Å². The summed E-state index contributed by atoms with van der Waals surface area (Å²) >= 11 is 0. The van der Waals surface area contributed by atoms with Crippen molar-refractivity contribution in [1.29, 1.82) is 0 Å². The maximum absolute atomic E-state index is 5.87. The molecule has 1 aromatic heterocycles. The van der Waals surface area contributed by atoms with Crippen LogP contribution in [0.5, 0.6) is 11.5 Å². The van der Waals surface area contributed by atoms with Crippen LogP contribution in [0.1, 0.15) is 0 Å². The molecule has 0 bridgehead atoms. The Morgan fingerprint density at radius 2 is 1.86 bits per heavy atom. The summed E-state index contributed by atoms with van der Waals surface area (Å²) in [6, 6.07) is 17.6. The highest BCUT2D eigenvalue weighted by Gasteiger charge is 2.04. The molecule has 3 rings (SSSR count). The summed E-state index contributed by atoms with van der Waals surface area (Å²) in [6.07, 6.45) is 1.79. The minimum absolute atomic E-state index is 0.587. The molecule has 0 radical (unpaired) electrons. The van der Waals surface area contributed by atoms with Crippen molar-refractivity contribution < 1.29 is 4.74 Å². The van der Waals surface area contributed by atoms with E-state index in [1.165, 1.54) is 0 Å². The normalized spacial score (nSPS) is 10.5. The maximum Gasteiger partial charge on any atom is 0.128 e. The molecule has 0 unspecified atom stereocenters. The Kier molecular flexibility index (Phi) is 3.98. The molecule has 2 aromatic carbocycles. The molecule has 1 heterocycles. The number of fused-ring (bicyclic) bond motifs is 1. The highest BCUT2D eigenvalue weighted by molar-refractivity contribution is 5.92. The Labute approximate surface area is 123 Å². The van der Waals surface area contributed by atoms with E-state index in [-0.39, 0.29) is 0 Å². The van der Waals surface area contributed by atoms with Crippen molar-refractivity contribution in [1.82, 2.24) is 4.98 Å². The Morgan fingerprint density at radius 3 is 2.67 bits per heavy atom. The van der Waals surface area contributed by atoms with Crippen LogP contribution in [0.4, 0.5) is 5.69 Å². The van der Waals surface area contributed by atoms with E-state index < -0.39 is 0 Å². The number of nitrogens with zero attached hydrogens (tertiary/aromatic N) is 1. The molecular formula is C17H17N3O. The van der Waals surface area contributed by atoms with Gasteiger partial charge in [-0.1, -0.05) is 18.2 Å². The third-order valence-corrected chi connectivity index (χ3v) is 3.15. The molecule has 0 aliphatic rings. The number of nitrogens with one attached hydrogen (secondary N) is 1. The second-order valence-corrected chi connectivity index (χ2v) is 4.67. The largest absolute Gasteiger partial charge is 0.457 e. The average Bonchev–Trinajstić information content (AvgIpc) is 2.54. The highest BCUT2D eigenvalue weighted by Crippen LogP contribution is 2.28. The Bertz CT molecular complexity index is 728. The molecule has 0 atom stereocenters. The number of hydrogen-bond acceptors (Lipinski definition) is 4. The van der Waals surface area contributed by atoms with E-state index in [4.69, 9.17) is 10.5 Å². The molecule has 3 aromatic rings. The molecule has 0 fully saturated rings. The van der Waals surface area contributed by atoms with Crippen LogP contribution >= 0.6 is 0 Å². The zero-order chi connectivity index (χ0) is 14.5. The molecule has 4 nitrogen and oxygen atoms in total. The SMILES string of the molecule is NCCNc1ccnc2ccc(Oc3ccccc3)cc12. The molecule has 4 heteroatoms. The minimum atomic E-state index is 0.587. The zero-order valence-electron chi connectivity index (χ0n) is 11.6. The third-order valence-electron chi connectivity index (χ3n) is 3.15. The molecule has 0 spiro atoms. The van der Waals surface area contributed by atoms with Crippen LogP contribution in [0.25, 0.3) is 10.9 Å². The first-order valence-electron chi connectivity index (χ1n) is 6.92. The monoisotopic (exact) mass is 279 g/mol. The van der Waals surface area contributed by atoms with Crippen LogP contribution in [0.15, 0.2) is 60.8 Å². The van der Waals surface area contributed by atoms with Gasteiger partial charge in [-0.05, 0) is 36.4 Å². The fraction of sp³-hybridized carbons (Fsp3) is 0.118. The van der Waals surface area contributed by atoms with Crippen molar-refractivity contribution in [3.8, 4) is 11.5 Å². The Balaban J connectivity index is 1.94. The van der Waals surface area contributed by atoms with E-state index >= 15 is 0 Å². The summed E-state index contributed by atoms with van der Waals surface area (Å²) in [6.45, 7) is 1.31. The molecule has 21 heavy (non-hydrogen) atoms. The second kappa shape index (κ2) is 6.24. The number of hydrogen-bond donors (Lipinski definition) is 2. The number of aromatic nitrogens is 1. The van der Waals surface area contributed by atoms with Crippen molar-refractivity contribution in [2.24, 2.45) is 5.73 Å². The van der Waals surface area contributed by atoms with E-state index in [1.807, 2.05) is 54.6 Å². The molecule has 0 amide bonds. The van der Waals surface area contributed by atoms with Gasteiger partial charge in [-0.3, -0.25) is 4.98 Å². The lowest BCUT2D eigenvalue weighted by molar-refractivity contribution is 0.483. The number of ether oxygens (including phenoxy) is 1. The van der Waals surface area contributed by atoms with Crippen molar-refractivity contribution in [3.05, 3.63) is 60.8 Å². The number of pyridine rings is 1. The predicted octanol–water partition coefficient (Wildman–Crippen LogP) is 3.40. The van der Waals surface area contributed by atoms with E-state index in [0.29, 0.717) is 6.54 Å². The quantitative estimate of drug-likeness (QED) is 0.751. The van der Waals surface area contributed by atoms with Gasteiger partial charge < -0.3 is 15.8 Å². The van der Waals surface area contributed by atoms with E-state index in [2.05, 4.69) is 10.3 Å². The zero-order valence-corrected chi connectivity index (χ0v) is 11.6. The maximum atomic E-state index is 5.87. The fourth-order valence-electron chi connectivity index (χ4n) is 2.17. The summed E-state index contributed by atoms with van der Waals surface area (Å²) in [4.78, 5) is 4.37. The minimum Gasteiger partial charge on any atom is -0.457 e. The van der Waals surface area contributed by atoms with Gasteiger partial charge in [0.05, 0.1) is 5.52 Å². The van der Waals surface area contributed by atoms with Gasteiger partial charge in [0.15, 0.2) is 0 Å². The summed E-state index contributed by atoms with van der Waals surface area (Å²) in [5, 5.41) is 4.34. The van der Waals surface area contributed by atoms with E-state index in [0.717, 1.165) is 34.6 Å². The molecular weight excluding hydrogens is 262 g/mol. The topological polar surface area (TPSA) is 60.2 Å². The summed E-state index contributed by atoms with van der Waals surface area (Å²) in [7, 11) is 0. The first-order chi connectivity index (χ1) is 10.4. The fourth-order valence-corrected chi connectivity index (χ4v) is 2.17. The Hall–Kier alpha value is -2.59. The standard InChI is InChI=1S/C17H17N3O/c18-9-11-20-17-8-10-19-16-7-6-14(12-15(16)17)21-13-4-2-1-3-5-13/h1-8,10,12H,9,11,18H2,(H,19,20). The summed E-state index contributed by atoms with van der Waals surface area (Å²) < 4.78 is 5.87. The average molecular weight is 279 g/mol. The highest BCUT2D eigenvalue weighted by atomic mass is 16.5. The number of nitrogens with two attached hydrogens (primary N) is 1. The first kappa shape index (κ1) is 13.4. The lowest BCUT2D eigenvalue weighted by Crippen LogP contribution is -2.13. The van der Waals surface area contributed by atoms with Crippen LogP contribution in [-0.2, 0) is 0 Å². The Morgan fingerprint density at radius 1 is 1.00 bits per heavy atom. The van der Waals surface area contributed by atoms with Gasteiger partial charge in [-0.15, -0.1) is 0 Å². The molecule has 0 aliphatic carbocycles. The van der Waals surface area contributed by atoms with Gasteiger partial charge in [-0.25, -0.2) is 0 Å². The molecule has 0 aliphatic heterocycles. The lowest BCUT2D eigenvalue weighted by Gasteiger charge is -2.10. The van der Waals surface area contributed by atoms with Gasteiger partial charge in [0.1, 0.15) is 11.5 Å². The molecule has 0 saturated carbocycles. The number of rotatable bonds is 5. The van der Waals surface area contributed by atoms with Crippen molar-refractivity contribution >= 4 is 16.6 Å². The number of anilines is 1. The molecule has 106 valence electrons. The van der Waals surface area contributed by atoms with Crippen molar-refractivity contribution in [2.45, 2.75) is 0 Å². The van der Waals surface area contributed by atoms with Crippen LogP contribution < -0.4 is 15.8 Å². The second-order valence-electron chi connectivity index (χ2n) is 4.67. The molecule has 0 saturated heterocycles. The number of para-hydroxylation sites is 1. The van der Waals surface area contributed by atoms with Gasteiger partial charge in [0.25, 0.3) is 0 Å². The molecule has 3 N–H and O–H groups in total. The van der Waals surface area contributed by atoms with Gasteiger partial charge in [0, 0.05) is 30.4 Å². The first-order valence-corrected chi connectivity index (χ1v) is 6.92. The van der Waals surface area contributed by atoms with Crippen LogP contribution in [0.3, 0.4) is 0 Å². The third kappa shape index (κ3) is 3.12. The lowest BCUT2D eigenvalue weighted by atomic mass is 10.1. The summed E-state index contributed by atoms with van der Waals surface area (Å²) in [5.41, 5.74) is 7.50. The van der Waals surface area contributed by atoms with Crippen LogP contribution in [-0.4, -0.2) is 18.1 Å². The van der Waals surface area contributed by atoms with Crippen LogP contribution in [0.2, 0.25) is 0 Å².